The van der Waals surface area contributed by atoms with E-state index in [-0.39, 0.29) is 23.7 Å². The quantitative estimate of drug-likeness (QED) is 0.791. The molecule has 4 bridgehead atoms. The van der Waals surface area contributed by atoms with Crippen molar-refractivity contribution in [3.05, 3.63) is 24.3 Å². The number of carbonyl (C=O) groups is 2. The van der Waals surface area contributed by atoms with Crippen LogP contribution in [0.25, 0.3) is 0 Å². The summed E-state index contributed by atoms with van der Waals surface area (Å²) in [6, 6.07) is 0. The van der Waals surface area contributed by atoms with Gasteiger partial charge in [-0.2, -0.15) is 0 Å². The molecule has 3 fully saturated rings. The van der Waals surface area contributed by atoms with Gasteiger partial charge in [-0.05, 0) is 48.3 Å². The van der Waals surface area contributed by atoms with E-state index in [4.69, 9.17) is 0 Å². The lowest BCUT2D eigenvalue weighted by Gasteiger charge is -2.29. The van der Waals surface area contributed by atoms with Gasteiger partial charge >= 0.3 is 5.97 Å². The number of allylic oxidation sites excluding steroid dienone is 4. The number of carboxylic acid groups (broad SMARTS) is 1. The largest absolute Gasteiger partial charge is 0.481 e. The Labute approximate surface area is 129 Å². The standard InChI is InChI=1S/C18H21NO3/c20-17(15-11-3-4-12(6-11)16(15)18(21)22)19-7-13-9-1-2-10(5-9)14(13)8-19/h1-4,9-16H,5-8H2,(H,21,22). The number of carboxylic acids is 1. The van der Waals surface area contributed by atoms with Gasteiger partial charge in [0.1, 0.15) is 0 Å². The summed E-state index contributed by atoms with van der Waals surface area (Å²) < 4.78 is 0. The Morgan fingerprint density at radius 2 is 1.32 bits per heavy atom. The first-order valence-electron chi connectivity index (χ1n) is 8.51. The van der Waals surface area contributed by atoms with Gasteiger partial charge in [-0.25, -0.2) is 0 Å². The molecule has 0 radical (unpaired) electrons. The van der Waals surface area contributed by atoms with Crippen LogP contribution in [0.4, 0.5) is 0 Å². The number of hydrogen-bond donors (Lipinski definition) is 1. The number of amides is 1. The van der Waals surface area contributed by atoms with Crippen molar-refractivity contribution in [2.75, 3.05) is 13.1 Å². The van der Waals surface area contributed by atoms with Crippen LogP contribution >= 0.6 is 0 Å². The molecule has 116 valence electrons. The molecule has 0 aromatic heterocycles. The summed E-state index contributed by atoms with van der Waals surface area (Å²) >= 11 is 0. The zero-order valence-corrected chi connectivity index (χ0v) is 12.5. The first kappa shape index (κ1) is 12.9. The van der Waals surface area contributed by atoms with Crippen LogP contribution in [0, 0.1) is 47.3 Å². The van der Waals surface area contributed by atoms with Crippen molar-refractivity contribution in [3.8, 4) is 0 Å². The Morgan fingerprint density at radius 1 is 0.818 bits per heavy atom. The van der Waals surface area contributed by atoms with Crippen LogP contribution in [0.3, 0.4) is 0 Å². The third kappa shape index (κ3) is 1.53. The molecular weight excluding hydrogens is 278 g/mol. The zero-order chi connectivity index (χ0) is 15.0. The van der Waals surface area contributed by atoms with Crippen LogP contribution in [0.5, 0.6) is 0 Å². The molecule has 5 aliphatic rings. The van der Waals surface area contributed by atoms with Crippen LogP contribution in [0.2, 0.25) is 0 Å². The van der Waals surface area contributed by atoms with E-state index in [2.05, 4.69) is 18.2 Å². The molecule has 1 aliphatic heterocycles. The fourth-order valence-electron chi connectivity index (χ4n) is 6.04. The minimum Gasteiger partial charge on any atom is -0.481 e. The third-order valence-corrected chi connectivity index (χ3v) is 7.00. The van der Waals surface area contributed by atoms with Gasteiger partial charge in [0.25, 0.3) is 0 Å². The average Bonchev–Trinajstić information content (AvgIpc) is 3.28. The van der Waals surface area contributed by atoms with Crippen LogP contribution in [0.1, 0.15) is 12.8 Å². The van der Waals surface area contributed by atoms with Crippen molar-refractivity contribution >= 4 is 11.9 Å². The van der Waals surface area contributed by atoms with Gasteiger partial charge in [0.05, 0.1) is 11.8 Å². The molecule has 1 heterocycles. The molecule has 1 N–H and O–H groups in total. The van der Waals surface area contributed by atoms with E-state index in [0.717, 1.165) is 19.5 Å². The number of aliphatic carboxylic acids is 1. The van der Waals surface area contributed by atoms with E-state index in [1.807, 2.05) is 11.0 Å². The zero-order valence-electron chi connectivity index (χ0n) is 12.5. The predicted octanol–water partition coefficient (Wildman–Crippen LogP) is 1.79. The Kier molecular flexibility index (Phi) is 2.49. The fraction of sp³-hybridized carbons (Fsp3) is 0.667. The first-order valence-corrected chi connectivity index (χ1v) is 8.51. The van der Waals surface area contributed by atoms with E-state index in [0.29, 0.717) is 23.7 Å². The molecule has 4 nitrogen and oxygen atoms in total. The fourth-order valence-corrected chi connectivity index (χ4v) is 6.04. The molecule has 8 unspecified atom stereocenters. The number of rotatable bonds is 2. The van der Waals surface area contributed by atoms with Crippen molar-refractivity contribution in [1.29, 1.82) is 0 Å². The molecule has 8 atom stereocenters. The van der Waals surface area contributed by atoms with Crippen molar-refractivity contribution in [2.45, 2.75) is 12.8 Å². The molecule has 1 amide bonds. The predicted molar refractivity (Wildman–Crippen MR) is 79.6 cm³/mol. The Hall–Kier alpha value is -1.58. The van der Waals surface area contributed by atoms with Crippen molar-refractivity contribution in [3.63, 3.8) is 0 Å². The van der Waals surface area contributed by atoms with Gasteiger partial charge in [0.2, 0.25) is 5.91 Å². The van der Waals surface area contributed by atoms with Crippen molar-refractivity contribution in [1.82, 2.24) is 4.90 Å². The van der Waals surface area contributed by atoms with Gasteiger partial charge in [0.15, 0.2) is 0 Å². The van der Waals surface area contributed by atoms with E-state index in [1.165, 1.54) is 6.42 Å². The van der Waals surface area contributed by atoms with Crippen molar-refractivity contribution < 1.29 is 14.7 Å². The first-order chi connectivity index (χ1) is 10.6. The van der Waals surface area contributed by atoms with Gasteiger partial charge in [0, 0.05) is 13.1 Å². The lowest BCUT2D eigenvalue weighted by Crippen LogP contribution is -2.42. The third-order valence-electron chi connectivity index (χ3n) is 7.00. The molecule has 5 rings (SSSR count). The van der Waals surface area contributed by atoms with Crippen LogP contribution in [0.15, 0.2) is 24.3 Å². The molecule has 0 aromatic carbocycles. The minimum absolute atomic E-state index is 0.0661. The normalized spacial score (nSPS) is 50.1. The average molecular weight is 299 g/mol. The van der Waals surface area contributed by atoms with Gasteiger partial charge < -0.3 is 10.0 Å². The maximum Gasteiger partial charge on any atom is 0.307 e. The smallest absolute Gasteiger partial charge is 0.307 e. The van der Waals surface area contributed by atoms with E-state index in [9.17, 15) is 14.7 Å². The second kappa shape index (κ2) is 4.24. The SMILES string of the molecule is O=C(O)C1C2C=CC(C2)C1C(=O)N1CC2C3C=CC(C3)C2C1. The lowest BCUT2D eigenvalue weighted by molar-refractivity contribution is -0.150. The maximum atomic E-state index is 13.0. The molecule has 0 spiro atoms. The summed E-state index contributed by atoms with van der Waals surface area (Å²) in [5, 5.41) is 9.54. The summed E-state index contributed by atoms with van der Waals surface area (Å²) in [4.78, 5) is 26.6. The Bertz CT molecular complexity index is 589. The molecular formula is C18H21NO3. The summed E-state index contributed by atoms with van der Waals surface area (Å²) in [6.07, 6.45) is 10.9. The Morgan fingerprint density at radius 3 is 1.91 bits per heavy atom. The molecule has 2 saturated carbocycles. The van der Waals surface area contributed by atoms with E-state index < -0.39 is 11.9 Å². The minimum atomic E-state index is -0.795. The number of hydrogen-bond acceptors (Lipinski definition) is 2. The maximum absolute atomic E-state index is 13.0. The van der Waals surface area contributed by atoms with Gasteiger partial charge in [-0.1, -0.05) is 24.3 Å². The lowest BCUT2D eigenvalue weighted by atomic mass is 9.82. The van der Waals surface area contributed by atoms with Gasteiger partial charge in [-0.3, -0.25) is 9.59 Å². The summed E-state index contributed by atoms with van der Waals surface area (Å²) in [6.45, 7) is 1.69. The summed E-state index contributed by atoms with van der Waals surface area (Å²) in [5.74, 6) is 1.26. The Balaban J connectivity index is 1.37. The molecule has 22 heavy (non-hydrogen) atoms. The molecule has 1 saturated heterocycles. The number of nitrogens with zero attached hydrogens (tertiary/aromatic N) is 1. The highest BCUT2D eigenvalue weighted by atomic mass is 16.4. The number of likely N-dealkylation sites (tertiary alicyclic amines) is 1. The van der Waals surface area contributed by atoms with E-state index in [1.54, 1.807) is 0 Å². The summed E-state index contributed by atoms with van der Waals surface area (Å²) in [5.41, 5.74) is 0. The molecule has 4 heteroatoms. The highest BCUT2D eigenvalue weighted by Gasteiger charge is 2.55. The monoisotopic (exact) mass is 299 g/mol. The number of fused-ring (bicyclic) bond motifs is 7. The topological polar surface area (TPSA) is 57.6 Å². The number of carbonyl (C=O) groups excluding carboxylic acids is 1. The van der Waals surface area contributed by atoms with Gasteiger partial charge in [-0.15, -0.1) is 0 Å². The highest BCUT2D eigenvalue weighted by Crippen LogP contribution is 2.53. The van der Waals surface area contributed by atoms with Crippen molar-refractivity contribution in [2.24, 2.45) is 47.3 Å². The summed E-state index contributed by atoms with van der Waals surface area (Å²) in [7, 11) is 0. The van der Waals surface area contributed by atoms with Crippen LogP contribution < -0.4 is 0 Å². The van der Waals surface area contributed by atoms with E-state index >= 15 is 0 Å². The van der Waals surface area contributed by atoms with Crippen LogP contribution in [-0.2, 0) is 9.59 Å². The molecule has 0 aromatic rings. The highest BCUT2D eigenvalue weighted by molar-refractivity contribution is 5.87. The molecule has 4 aliphatic carbocycles. The second-order valence-electron chi connectivity index (χ2n) is 7.86. The second-order valence-corrected chi connectivity index (χ2v) is 7.86. The van der Waals surface area contributed by atoms with Crippen LogP contribution in [-0.4, -0.2) is 35.0 Å².